The molecule has 4 nitrogen and oxygen atoms in total. The maximum Gasteiger partial charge on any atom is 0.193 e. The van der Waals surface area contributed by atoms with Gasteiger partial charge in [0.1, 0.15) is 0 Å². The number of nitrogens with one attached hydrogen (secondary N) is 1. The average molecular weight is 394 g/mol. The summed E-state index contributed by atoms with van der Waals surface area (Å²) in [6.07, 6.45) is 5.29. The van der Waals surface area contributed by atoms with E-state index < -0.39 is 0 Å². The van der Waals surface area contributed by atoms with E-state index in [9.17, 15) is 0 Å². The molecule has 0 amide bonds. The van der Waals surface area contributed by atoms with Crippen LogP contribution in [0.25, 0.3) is 0 Å². The Balaban J connectivity index is 0.00000200. The first-order valence-corrected chi connectivity index (χ1v) is 7.83. The summed E-state index contributed by atoms with van der Waals surface area (Å²) in [5, 5.41) is 3.59. The van der Waals surface area contributed by atoms with Crippen LogP contribution in [0.1, 0.15) is 32.6 Å². The number of nitrogens with zero attached hydrogens (tertiary/aromatic N) is 3. The van der Waals surface area contributed by atoms with Crippen molar-refractivity contribution in [2.45, 2.75) is 32.6 Å². The number of hydrogen-bond acceptors (Lipinski definition) is 2. The zero-order valence-corrected chi connectivity index (χ0v) is 15.6. The highest BCUT2D eigenvalue weighted by Crippen LogP contribution is 2.17. The van der Waals surface area contributed by atoms with Crippen LogP contribution >= 0.6 is 24.0 Å². The molecule has 0 bridgehead atoms. The monoisotopic (exact) mass is 394 g/mol. The molecule has 0 spiro atoms. The van der Waals surface area contributed by atoms with Crippen molar-refractivity contribution in [1.29, 1.82) is 0 Å². The summed E-state index contributed by atoms with van der Waals surface area (Å²) >= 11 is 0. The molecule has 2 aliphatic heterocycles. The molecule has 0 saturated carbocycles. The van der Waals surface area contributed by atoms with Crippen LogP contribution in [0.2, 0.25) is 0 Å². The molecule has 2 aliphatic rings. The lowest BCUT2D eigenvalue weighted by Gasteiger charge is -2.35. The molecule has 1 atom stereocenters. The minimum Gasteiger partial charge on any atom is -0.356 e. The van der Waals surface area contributed by atoms with Crippen molar-refractivity contribution >= 4 is 29.9 Å². The van der Waals surface area contributed by atoms with Crippen LogP contribution in [0.3, 0.4) is 0 Å². The van der Waals surface area contributed by atoms with E-state index in [0.717, 1.165) is 37.4 Å². The SMILES string of the molecule is CN=C(NCC1CCCN(C)C1)N1CCC(C)CC1.I. The first-order valence-electron chi connectivity index (χ1n) is 7.83. The third-order valence-electron chi connectivity index (χ3n) is 4.57. The second kappa shape index (κ2) is 9.07. The third kappa shape index (κ3) is 5.39. The predicted octanol–water partition coefficient (Wildman–Crippen LogP) is 2.25. The van der Waals surface area contributed by atoms with Crippen LogP contribution in [0.4, 0.5) is 0 Å². The van der Waals surface area contributed by atoms with E-state index in [2.05, 4.69) is 34.1 Å². The number of guanidine groups is 1. The molecule has 2 saturated heterocycles. The number of rotatable bonds is 2. The molecule has 0 aromatic carbocycles. The maximum atomic E-state index is 4.46. The number of piperidine rings is 2. The minimum atomic E-state index is 0. The molecule has 1 unspecified atom stereocenters. The van der Waals surface area contributed by atoms with Crippen molar-refractivity contribution < 1.29 is 0 Å². The second-order valence-corrected chi connectivity index (χ2v) is 6.37. The molecule has 5 heteroatoms. The molecule has 0 aromatic heterocycles. The zero-order valence-electron chi connectivity index (χ0n) is 13.3. The van der Waals surface area contributed by atoms with Crippen molar-refractivity contribution in [3.63, 3.8) is 0 Å². The topological polar surface area (TPSA) is 30.9 Å². The minimum absolute atomic E-state index is 0. The van der Waals surface area contributed by atoms with E-state index >= 15 is 0 Å². The number of aliphatic imine (C=N–C) groups is 1. The summed E-state index contributed by atoms with van der Waals surface area (Å²) in [5.41, 5.74) is 0. The van der Waals surface area contributed by atoms with E-state index in [0.29, 0.717) is 0 Å². The standard InChI is InChI=1S/C15H30N4.HI/c1-13-6-9-19(10-7-13)15(16-2)17-11-14-5-4-8-18(3)12-14;/h13-14H,4-12H2,1-3H3,(H,16,17);1H. The zero-order chi connectivity index (χ0) is 13.7. The Bertz CT molecular complexity index is 300. The lowest BCUT2D eigenvalue weighted by Crippen LogP contribution is -2.48. The highest BCUT2D eigenvalue weighted by molar-refractivity contribution is 14.0. The van der Waals surface area contributed by atoms with Gasteiger partial charge in [-0.1, -0.05) is 6.92 Å². The van der Waals surface area contributed by atoms with Crippen LogP contribution in [0, 0.1) is 11.8 Å². The molecule has 118 valence electrons. The van der Waals surface area contributed by atoms with Gasteiger partial charge in [0.25, 0.3) is 0 Å². The van der Waals surface area contributed by atoms with Crippen molar-refractivity contribution in [2.75, 3.05) is 46.8 Å². The summed E-state index contributed by atoms with van der Waals surface area (Å²) in [4.78, 5) is 9.33. The van der Waals surface area contributed by atoms with Crippen molar-refractivity contribution in [1.82, 2.24) is 15.1 Å². The molecule has 2 heterocycles. The summed E-state index contributed by atoms with van der Waals surface area (Å²) < 4.78 is 0. The van der Waals surface area contributed by atoms with Crippen LogP contribution in [0.15, 0.2) is 4.99 Å². The maximum absolute atomic E-state index is 4.46. The quantitative estimate of drug-likeness (QED) is 0.443. The molecule has 2 rings (SSSR count). The largest absolute Gasteiger partial charge is 0.356 e. The van der Waals surface area contributed by atoms with Gasteiger partial charge in [0.2, 0.25) is 0 Å². The van der Waals surface area contributed by atoms with Gasteiger partial charge in [0.05, 0.1) is 0 Å². The Morgan fingerprint density at radius 3 is 2.50 bits per heavy atom. The van der Waals surface area contributed by atoms with Crippen LogP contribution in [-0.4, -0.2) is 62.6 Å². The summed E-state index contributed by atoms with van der Waals surface area (Å²) in [6.45, 7) is 8.22. The Morgan fingerprint density at radius 2 is 1.90 bits per heavy atom. The number of likely N-dealkylation sites (tertiary alicyclic amines) is 2. The molecular formula is C15H31IN4. The van der Waals surface area contributed by atoms with E-state index in [-0.39, 0.29) is 24.0 Å². The normalized spacial score (nSPS) is 26.2. The van der Waals surface area contributed by atoms with Crippen molar-refractivity contribution in [3.05, 3.63) is 0 Å². The highest BCUT2D eigenvalue weighted by Gasteiger charge is 2.21. The Hall–Kier alpha value is -0.0400. The average Bonchev–Trinajstić information content (AvgIpc) is 2.41. The molecule has 1 N–H and O–H groups in total. The molecular weight excluding hydrogens is 363 g/mol. The Labute approximate surface area is 141 Å². The molecule has 2 fully saturated rings. The van der Waals surface area contributed by atoms with E-state index in [1.54, 1.807) is 0 Å². The third-order valence-corrected chi connectivity index (χ3v) is 4.57. The molecule has 0 aliphatic carbocycles. The first kappa shape index (κ1) is 18.0. The van der Waals surface area contributed by atoms with Crippen LogP contribution in [-0.2, 0) is 0 Å². The number of halogens is 1. The van der Waals surface area contributed by atoms with E-state index in [1.807, 2.05) is 7.05 Å². The Morgan fingerprint density at radius 1 is 1.20 bits per heavy atom. The summed E-state index contributed by atoms with van der Waals surface area (Å²) in [6, 6.07) is 0. The van der Waals surface area contributed by atoms with Gasteiger partial charge in [-0.3, -0.25) is 4.99 Å². The smallest absolute Gasteiger partial charge is 0.193 e. The van der Waals surface area contributed by atoms with Gasteiger partial charge in [0.15, 0.2) is 5.96 Å². The van der Waals surface area contributed by atoms with E-state index in [4.69, 9.17) is 0 Å². The lowest BCUT2D eigenvalue weighted by molar-refractivity contribution is 0.208. The molecule has 0 aromatic rings. The summed E-state index contributed by atoms with van der Waals surface area (Å²) in [5.74, 6) is 2.76. The number of hydrogen-bond donors (Lipinski definition) is 1. The highest BCUT2D eigenvalue weighted by atomic mass is 127. The van der Waals surface area contributed by atoms with E-state index in [1.165, 1.54) is 38.8 Å². The van der Waals surface area contributed by atoms with Crippen LogP contribution < -0.4 is 5.32 Å². The fourth-order valence-corrected chi connectivity index (χ4v) is 3.23. The fourth-order valence-electron chi connectivity index (χ4n) is 3.23. The van der Waals surface area contributed by atoms with Gasteiger partial charge in [-0.25, -0.2) is 0 Å². The predicted molar refractivity (Wildman–Crippen MR) is 97.0 cm³/mol. The van der Waals surface area contributed by atoms with Gasteiger partial charge >= 0.3 is 0 Å². The summed E-state index contributed by atoms with van der Waals surface area (Å²) in [7, 11) is 4.14. The van der Waals surface area contributed by atoms with Gasteiger partial charge < -0.3 is 15.1 Å². The Kier molecular flexibility index (Phi) is 8.17. The molecule has 0 radical (unpaired) electrons. The van der Waals surface area contributed by atoms with Gasteiger partial charge in [-0.05, 0) is 51.1 Å². The first-order chi connectivity index (χ1) is 9.19. The van der Waals surface area contributed by atoms with Crippen molar-refractivity contribution in [2.24, 2.45) is 16.8 Å². The van der Waals surface area contributed by atoms with Gasteiger partial charge in [0, 0.05) is 33.2 Å². The van der Waals surface area contributed by atoms with Crippen LogP contribution in [0.5, 0.6) is 0 Å². The lowest BCUT2D eigenvalue weighted by atomic mass is 9.98. The molecule has 20 heavy (non-hydrogen) atoms. The fraction of sp³-hybridized carbons (Fsp3) is 0.933. The van der Waals surface area contributed by atoms with Crippen molar-refractivity contribution in [3.8, 4) is 0 Å². The van der Waals surface area contributed by atoms with Gasteiger partial charge in [-0.2, -0.15) is 0 Å². The second-order valence-electron chi connectivity index (χ2n) is 6.37. The van der Waals surface area contributed by atoms with Gasteiger partial charge in [-0.15, -0.1) is 24.0 Å².